The number of anilines is 1. The highest BCUT2D eigenvalue weighted by Gasteiger charge is 1.94. The number of unbranched alkanes of at least 4 members (excludes halogenated alkanes) is 11. The minimum absolute atomic E-state index is 0.798. The van der Waals surface area contributed by atoms with Gasteiger partial charge in [-0.3, -0.25) is 10.3 Å². The molecule has 0 amide bonds. The van der Waals surface area contributed by atoms with Crippen LogP contribution in [0.2, 0.25) is 0 Å². The minimum Gasteiger partial charge on any atom is -0.276 e. The molecule has 0 aliphatic heterocycles. The minimum atomic E-state index is 0.798. The maximum atomic E-state index is 5.46. The van der Waals surface area contributed by atoms with Crippen molar-refractivity contribution in [2.45, 2.75) is 90.9 Å². The molecule has 2 heteroatoms. The second kappa shape index (κ2) is 19.5. The van der Waals surface area contributed by atoms with Crippen LogP contribution in [0.3, 0.4) is 0 Å². The molecule has 1 N–H and O–H groups in total. The van der Waals surface area contributed by atoms with Crippen molar-refractivity contribution >= 4 is 5.69 Å². The van der Waals surface area contributed by atoms with Gasteiger partial charge < -0.3 is 0 Å². The zero-order valence-electron chi connectivity index (χ0n) is 18.9. The molecule has 2 aromatic rings. The first-order chi connectivity index (χ1) is 14.3. The molecule has 0 unspecified atom stereocenters. The summed E-state index contributed by atoms with van der Waals surface area (Å²) in [6.45, 7) is 5.16. The second-order valence-corrected chi connectivity index (χ2v) is 7.86. The molecule has 0 heterocycles. The summed E-state index contributed by atoms with van der Waals surface area (Å²) in [6, 6.07) is 20.3. The number of hydrogen-bond acceptors (Lipinski definition) is 2. The molecular weight excluding hydrogens is 354 g/mol. The first-order valence-electron chi connectivity index (χ1n) is 11.8. The summed E-state index contributed by atoms with van der Waals surface area (Å²) in [4.78, 5) is 5.46. The molecule has 0 aliphatic carbocycles. The Morgan fingerprint density at radius 1 is 0.586 bits per heavy atom. The lowest BCUT2D eigenvalue weighted by molar-refractivity contribution is 0.187. The van der Waals surface area contributed by atoms with Gasteiger partial charge in [0.15, 0.2) is 0 Å². The maximum Gasteiger partial charge on any atom is 0.0746 e. The lowest BCUT2D eigenvalue weighted by Gasteiger charge is -2.06. The molecule has 29 heavy (non-hydrogen) atoms. The van der Waals surface area contributed by atoms with Crippen molar-refractivity contribution in [2.75, 3.05) is 12.1 Å². The first-order valence-corrected chi connectivity index (χ1v) is 11.8. The van der Waals surface area contributed by atoms with E-state index >= 15 is 0 Å². The average molecular weight is 398 g/mol. The zero-order valence-corrected chi connectivity index (χ0v) is 18.9. The maximum absolute atomic E-state index is 5.46. The highest BCUT2D eigenvalue weighted by atomic mass is 16.6. The Balaban J connectivity index is 0.000000502. The third-order valence-corrected chi connectivity index (χ3v) is 5.00. The molecule has 2 nitrogen and oxygen atoms in total. The number of para-hydroxylation sites is 1. The largest absolute Gasteiger partial charge is 0.276 e. The van der Waals surface area contributed by atoms with E-state index < -0.39 is 0 Å². The molecule has 0 aliphatic rings. The van der Waals surface area contributed by atoms with Gasteiger partial charge in [0, 0.05) is 0 Å². The molecule has 0 saturated heterocycles. The summed E-state index contributed by atoms with van der Waals surface area (Å²) in [5, 5.41) is 0. The van der Waals surface area contributed by atoms with E-state index in [1.54, 1.807) is 0 Å². The fraction of sp³-hybridized carbons (Fsp3) is 0.556. The molecule has 0 atom stereocenters. The summed E-state index contributed by atoms with van der Waals surface area (Å²) < 4.78 is 0. The average Bonchev–Trinajstić information content (AvgIpc) is 2.76. The van der Waals surface area contributed by atoms with E-state index in [9.17, 15) is 0 Å². The van der Waals surface area contributed by atoms with Gasteiger partial charge in [0.2, 0.25) is 0 Å². The second-order valence-electron chi connectivity index (χ2n) is 7.86. The Kier molecular flexibility index (Phi) is 17.0. The fourth-order valence-electron chi connectivity index (χ4n) is 3.19. The molecule has 162 valence electrons. The van der Waals surface area contributed by atoms with Crippen molar-refractivity contribution in [1.29, 1.82) is 0 Å². The van der Waals surface area contributed by atoms with Crippen LogP contribution in [0.5, 0.6) is 0 Å². The SMILES string of the molecule is CCCCCCCCCCCCCCONc1ccccc1.Cc1ccccc1. The summed E-state index contributed by atoms with van der Waals surface area (Å²) in [6.07, 6.45) is 16.6. The van der Waals surface area contributed by atoms with E-state index in [2.05, 4.69) is 31.5 Å². The third-order valence-electron chi connectivity index (χ3n) is 5.00. The first kappa shape index (κ1) is 25.2. The van der Waals surface area contributed by atoms with Crippen molar-refractivity contribution in [3.63, 3.8) is 0 Å². The van der Waals surface area contributed by atoms with Crippen LogP contribution in [0.15, 0.2) is 60.7 Å². The van der Waals surface area contributed by atoms with Crippen LogP contribution in [0.25, 0.3) is 0 Å². The number of rotatable bonds is 15. The van der Waals surface area contributed by atoms with Gasteiger partial charge in [-0.25, -0.2) is 0 Å². The van der Waals surface area contributed by atoms with Crippen LogP contribution < -0.4 is 5.48 Å². The summed E-state index contributed by atoms with van der Waals surface area (Å²) in [7, 11) is 0. The lowest BCUT2D eigenvalue weighted by atomic mass is 10.1. The quantitative estimate of drug-likeness (QED) is 0.239. The van der Waals surface area contributed by atoms with Crippen LogP contribution in [-0.4, -0.2) is 6.61 Å². The monoisotopic (exact) mass is 397 g/mol. The molecular formula is C27H43NO. The smallest absolute Gasteiger partial charge is 0.0746 e. The van der Waals surface area contributed by atoms with Gasteiger partial charge >= 0.3 is 0 Å². The van der Waals surface area contributed by atoms with E-state index in [1.165, 1.54) is 76.2 Å². The van der Waals surface area contributed by atoms with Crippen molar-refractivity contribution in [1.82, 2.24) is 0 Å². The normalized spacial score (nSPS) is 10.3. The predicted octanol–water partition coefficient (Wildman–Crippen LogP) is 8.73. The Morgan fingerprint density at radius 2 is 1.03 bits per heavy atom. The van der Waals surface area contributed by atoms with Gasteiger partial charge in [0.25, 0.3) is 0 Å². The van der Waals surface area contributed by atoms with Gasteiger partial charge in [-0.2, -0.15) is 0 Å². The predicted molar refractivity (Wildman–Crippen MR) is 128 cm³/mol. The number of nitrogens with one attached hydrogen (secondary N) is 1. The van der Waals surface area contributed by atoms with Crippen LogP contribution in [0, 0.1) is 6.92 Å². The fourth-order valence-corrected chi connectivity index (χ4v) is 3.19. The number of aryl methyl sites for hydroxylation is 1. The van der Waals surface area contributed by atoms with Crippen molar-refractivity contribution in [3.05, 3.63) is 66.2 Å². The van der Waals surface area contributed by atoms with E-state index in [0.717, 1.165) is 18.7 Å². The Hall–Kier alpha value is -1.80. The van der Waals surface area contributed by atoms with Gasteiger partial charge in [0.1, 0.15) is 0 Å². The Labute approximate surface area is 180 Å². The van der Waals surface area contributed by atoms with E-state index in [-0.39, 0.29) is 0 Å². The van der Waals surface area contributed by atoms with Crippen LogP contribution in [-0.2, 0) is 4.84 Å². The standard InChI is InChI=1S/C20H35NO.C7H8/c1-2-3-4-5-6-7-8-9-10-11-12-16-19-22-21-20-17-14-13-15-18-20;1-7-5-3-2-4-6-7/h13-15,17-18,21H,2-12,16,19H2,1H3;2-6H,1H3. The van der Waals surface area contributed by atoms with Gasteiger partial charge in [0.05, 0.1) is 12.3 Å². The topological polar surface area (TPSA) is 21.3 Å². The molecule has 0 spiro atoms. The zero-order chi connectivity index (χ0) is 20.8. The lowest BCUT2D eigenvalue weighted by Crippen LogP contribution is -2.02. The van der Waals surface area contributed by atoms with E-state index in [4.69, 9.17) is 4.84 Å². The number of benzene rings is 2. The molecule has 0 radical (unpaired) electrons. The summed E-state index contributed by atoms with van der Waals surface area (Å²) in [5.41, 5.74) is 5.34. The van der Waals surface area contributed by atoms with Gasteiger partial charge in [-0.1, -0.05) is 132 Å². The third kappa shape index (κ3) is 16.8. The molecule has 2 rings (SSSR count). The van der Waals surface area contributed by atoms with Crippen LogP contribution in [0.4, 0.5) is 5.69 Å². The highest BCUT2D eigenvalue weighted by Crippen LogP contribution is 2.12. The molecule has 2 aromatic carbocycles. The molecule has 0 bridgehead atoms. The number of hydrogen-bond donors (Lipinski definition) is 1. The van der Waals surface area contributed by atoms with E-state index in [1.807, 2.05) is 48.5 Å². The van der Waals surface area contributed by atoms with Crippen molar-refractivity contribution < 1.29 is 4.84 Å². The highest BCUT2D eigenvalue weighted by molar-refractivity contribution is 5.39. The van der Waals surface area contributed by atoms with Crippen molar-refractivity contribution in [2.24, 2.45) is 0 Å². The van der Waals surface area contributed by atoms with Gasteiger partial charge in [-0.15, -0.1) is 0 Å². The van der Waals surface area contributed by atoms with E-state index in [0.29, 0.717) is 0 Å². The summed E-state index contributed by atoms with van der Waals surface area (Å²) in [5.74, 6) is 0. The Bertz CT molecular complexity index is 555. The molecule has 0 fully saturated rings. The summed E-state index contributed by atoms with van der Waals surface area (Å²) >= 11 is 0. The molecule has 0 saturated carbocycles. The van der Waals surface area contributed by atoms with Crippen molar-refractivity contribution in [3.8, 4) is 0 Å². The van der Waals surface area contributed by atoms with Crippen LogP contribution in [0.1, 0.15) is 89.5 Å². The molecule has 0 aromatic heterocycles. The van der Waals surface area contributed by atoms with Gasteiger partial charge in [-0.05, 0) is 25.5 Å². The van der Waals surface area contributed by atoms with Crippen LogP contribution >= 0.6 is 0 Å². The Morgan fingerprint density at radius 3 is 1.48 bits per heavy atom.